The molecule has 0 fully saturated rings. The minimum absolute atomic E-state index is 0.209. The molecular weight excluding hydrogens is 228 g/mol. The molecule has 2 aromatic carbocycles. The number of carbonyl (C=O) groups is 2. The van der Waals surface area contributed by atoms with E-state index in [1.165, 1.54) is 0 Å². The fourth-order valence-corrected chi connectivity index (χ4v) is 2.30. The average Bonchev–Trinajstić information content (AvgIpc) is 2.32. The molecule has 2 rings (SSSR count). The third-order valence-corrected chi connectivity index (χ3v) is 3.28. The molecule has 2 aromatic rings. The molecule has 4 N–H and O–H groups in total. The van der Waals surface area contributed by atoms with Crippen LogP contribution >= 0.6 is 0 Å². The lowest BCUT2D eigenvalue weighted by Gasteiger charge is -2.14. The first kappa shape index (κ1) is 12.1. The fourth-order valence-electron chi connectivity index (χ4n) is 2.30. The number of hydrogen-bond donors (Lipinski definition) is 2. The molecule has 0 radical (unpaired) electrons. The van der Waals surface area contributed by atoms with Crippen molar-refractivity contribution in [3.8, 4) is 0 Å². The summed E-state index contributed by atoms with van der Waals surface area (Å²) in [5.74, 6) is -1.27. The molecule has 0 heterocycles. The normalized spacial score (nSPS) is 10.6. The van der Waals surface area contributed by atoms with Crippen molar-refractivity contribution in [3.05, 3.63) is 46.5 Å². The van der Waals surface area contributed by atoms with E-state index in [-0.39, 0.29) is 11.1 Å². The van der Waals surface area contributed by atoms with E-state index in [2.05, 4.69) is 0 Å². The predicted molar refractivity (Wildman–Crippen MR) is 70.5 cm³/mol. The molecule has 4 nitrogen and oxygen atoms in total. The van der Waals surface area contributed by atoms with Gasteiger partial charge in [-0.3, -0.25) is 9.59 Å². The Balaban J connectivity index is 3.08. The maximum atomic E-state index is 11.6. The highest BCUT2D eigenvalue weighted by molar-refractivity contribution is 6.16. The molecule has 0 aliphatic carbocycles. The number of carbonyl (C=O) groups excluding carboxylic acids is 2. The van der Waals surface area contributed by atoms with Crippen molar-refractivity contribution < 1.29 is 9.59 Å². The summed E-state index contributed by atoms with van der Waals surface area (Å²) in [7, 11) is 0. The monoisotopic (exact) mass is 242 g/mol. The second-order valence-electron chi connectivity index (χ2n) is 4.27. The zero-order valence-corrected chi connectivity index (χ0v) is 10.3. The maximum Gasteiger partial charge on any atom is 0.250 e. The molecule has 0 aromatic heterocycles. The number of rotatable bonds is 2. The van der Waals surface area contributed by atoms with Crippen LogP contribution in [-0.4, -0.2) is 11.8 Å². The van der Waals surface area contributed by atoms with Crippen LogP contribution in [0.4, 0.5) is 0 Å². The molecular formula is C14H14N2O2. The lowest BCUT2D eigenvalue weighted by atomic mass is 9.89. The fraction of sp³-hybridized carbons (Fsp3) is 0.143. The third-order valence-electron chi connectivity index (χ3n) is 3.28. The van der Waals surface area contributed by atoms with Crippen LogP contribution in [0.2, 0.25) is 0 Å². The van der Waals surface area contributed by atoms with Gasteiger partial charge in [-0.15, -0.1) is 0 Å². The summed E-state index contributed by atoms with van der Waals surface area (Å²) in [6.45, 7) is 3.67. The Morgan fingerprint density at radius 3 is 1.83 bits per heavy atom. The molecule has 0 aliphatic rings. The first-order valence-electron chi connectivity index (χ1n) is 5.56. The summed E-state index contributed by atoms with van der Waals surface area (Å²) in [5.41, 5.74) is 12.8. The van der Waals surface area contributed by atoms with E-state index in [1.54, 1.807) is 19.1 Å². The molecule has 18 heavy (non-hydrogen) atoms. The van der Waals surface area contributed by atoms with E-state index >= 15 is 0 Å². The minimum Gasteiger partial charge on any atom is -0.366 e. The second-order valence-corrected chi connectivity index (χ2v) is 4.27. The largest absolute Gasteiger partial charge is 0.366 e. The summed E-state index contributed by atoms with van der Waals surface area (Å²) in [6, 6.07) is 7.35. The standard InChI is InChI=1S/C14H14N2O2/c1-7-8(2)11(13(15)17)12(14(16)18)10-6-4-3-5-9(7)10/h3-6H,1-2H3,(H2,15,17)(H2,16,18). The van der Waals surface area contributed by atoms with Crippen molar-refractivity contribution in [3.63, 3.8) is 0 Å². The Morgan fingerprint density at radius 1 is 0.833 bits per heavy atom. The topological polar surface area (TPSA) is 86.2 Å². The van der Waals surface area contributed by atoms with Crippen LogP contribution in [0.25, 0.3) is 10.8 Å². The quantitative estimate of drug-likeness (QED) is 0.839. The SMILES string of the molecule is Cc1c(C(N)=O)c(C(N)=O)c2ccccc2c1C. The van der Waals surface area contributed by atoms with Gasteiger partial charge in [-0.1, -0.05) is 24.3 Å². The van der Waals surface area contributed by atoms with Gasteiger partial charge in [0.25, 0.3) is 0 Å². The first-order valence-corrected chi connectivity index (χ1v) is 5.56. The summed E-state index contributed by atoms with van der Waals surface area (Å²) in [5, 5.41) is 1.58. The summed E-state index contributed by atoms with van der Waals surface area (Å²) >= 11 is 0. The van der Waals surface area contributed by atoms with Crippen molar-refractivity contribution in [1.82, 2.24) is 0 Å². The number of nitrogens with two attached hydrogens (primary N) is 2. The van der Waals surface area contributed by atoms with Crippen molar-refractivity contribution in [1.29, 1.82) is 0 Å². The second kappa shape index (κ2) is 4.14. The number of aryl methyl sites for hydroxylation is 1. The molecule has 0 saturated heterocycles. The highest BCUT2D eigenvalue weighted by Crippen LogP contribution is 2.29. The lowest BCUT2D eigenvalue weighted by molar-refractivity contribution is 0.0968. The number of amides is 2. The molecule has 0 aliphatic heterocycles. The summed E-state index contributed by atoms with van der Waals surface area (Å²) in [6.07, 6.45) is 0. The molecule has 0 saturated carbocycles. The summed E-state index contributed by atoms with van der Waals surface area (Å²) < 4.78 is 0. The molecule has 0 atom stereocenters. The molecule has 0 bridgehead atoms. The average molecular weight is 242 g/mol. The van der Waals surface area contributed by atoms with E-state index in [4.69, 9.17) is 11.5 Å². The van der Waals surface area contributed by atoms with Crippen molar-refractivity contribution in [2.24, 2.45) is 11.5 Å². The molecule has 2 amide bonds. The van der Waals surface area contributed by atoms with E-state index in [0.717, 1.165) is 10.9 Å². The third kappa shape index (κ3) is 1.62. The van der Waals surface area contributed by atoms with Crippen LogP contribution in [-0.2, 0) is 0 Å². The van der Waals surface area contributed by atoms with Gasteiger partial charge >= 0.3 is 0 Å². The highest BCUT2D eigenvalue weighted by atomic mass is 16.2. The van der Waals surface area contributed by atoms with Gasteiger partial charge in [0.2, 0.25) is 11.8 Å². The Bertz CT molecular complexity index is 675. The van der Waals surface area contributed by atoms with E-state index in [1.807, 2.05) is 19.1 Å². The molecule has 4 heteroatoms. The van der Waals surface area contributed by atoms with Gasteiger partial charge in [-0.05, 0) is 35.7 Å². The van der Waals surface area contributed by atoms with Crippen LogP contribution < -0.4 is 11.5 Å². The number of fused-ring (bicyclic) bond motifs is 1. The van der Waals surface area contributed by atoms with Gasteiger partial charge in [-0.2, -0.15) is 0 Å². The van der Waals surface area contributed by atoms with Gasteiger partial charge in [-0.25, -0.2) is 0 Å². The number of primary amides is 2. The Labute approximate surface area is 105 Å². The summed E-state index contributed by atoms with van der Waals surface area (Å²) in [4.78, 5) is 23.2. The Hall–Kier alpha value is -2.36. The van der Waals surface area contributed by atoms with Gasteiger partial charge in [0.1, 0.15) is 0 Å². The van der Waals surface area contributed by atoms with Crippen LogP contribution in [0.3, 0.4) is 0 Å². The van der Waals surface area contributed by atoms with Crippen LogP contribution in [0.1, 0.15) is 31.8 Å². The lowest BCUT2D eigenvalue weighted by Crippen LogP contribution is -2.23. The smallest absolute Gasteiger partial charge is 0.250 e. The zero-order valence-electron chi connectivity index (χ0n) is 10.3. The highest BCUT2D eigenvalue weighted by Gasteiger charge is 2.21. The van der Waals surface area contributed by atoms with Crippen molar-refractivity contribution in [2.45, 2.75) is 13.8 Å². The number of benzene rings is 2. The minimum atomic E-state index is -0.636. The van der Waals surface area contributed by atoms with Crippen LogP contribution in [0.15, 0.2) is 24.3 Å². The van der Waals surface area contributed by atoms with E-state index in [0.29, 0.717) is 10.9 Å². The Morgan fingerprint density at radius 2 is 1.33 bits per heavy atom. The van der Waals surface area contributed by atoms with Gasteiger partial charge in [0, 0.05) is 0 Å². The van der Waals surface area contributed by atoms with Gasteiger partial charge in [0.05, 0.1) is 11.1 Å². The van der Waals surface area contributed by atoms with E-state index in [9.17, 15) is 9.59 Å². The maximum absolute atomic E-state index is 11.6. The predicted octanol–water partition coefficient (Wildman–Crippen LogP) is 1.65. The molecule has 0 unspecified atom stereocenters. The van der Waals surface area contributed by atoms with Gasteiger partial charge < -0.3 is 11.5 Å². The van der Waals surface area contributed by atoms with Crippen LogP contribution in [0, 0.1) is 13.8 Å². The van der Waals surface area contributed by atoms with Crippen molar-refractivity contribution >= 4 is 22.6 Å². The van der Waals surface area contributed by atoms with Crippen molar-refractivity contribution in [2.75, 3.05) is 0 Å². The zero-order chi connectivity index (χ0) is 13.4. The first-order chi connectivity index (χ1) is 8.45. The van der Waals surface area contributed by atoms with E-state index < -0.39 is 11.8 Å². The van der Waals surface area contributed by atoms with Gasteiger partial charge in [0.15, 0.2) is 0 Å². The Kier molecular flexibility index (Phi) is 2.79. The number of hydrogen-bond acceptors (Lipinski definition) is 2. The van der Waals surface area contributed by atoms with Crippen LogP contribution in [0.5, 0.6) is 0 Å². The molecule has 0 spiro atoms. The molecule has 92 valence electrons.